The molecule has 3 heteroatoms. The summed E-state index contributed by atoms with van der Waals surface area (Å²) in [5.74, 6) is 0. The first kappa shape index (κ1) is 7.23. The van der Waals surface area contributed by atoms with Crippen molar-refractivity contribution in [1.29, 1.82) is 0 Å². The molecule has 0 saturated carbocycles. The van der Waals surface area contributed by atoms with Crippen LogP contribution >= 0.6 is 15.9 Å². The van der Waals surface area contributed by atoms with Crippen LogP contribution in [0, 0.1) is 0 Å². The van der Waals surface area contributed by atoms with E-state index in [9.17, 15) is 0 Å². The fraction of sp³-hybridized carbons (Fsp3) is 0.182. The molecule has 1 heterocycles. The minimum absolute atomic E-state index is 0.593. The molecule has 0 amide bonds. The molecule has 1 aromatic carbocycles. The quantitative estimate of drug-likeness (QED) is 0.752. The Morgan fingerprint density at radius 2 is 2.36 bits per heavy atom. The van der Waals surface area contributed by atoms with Crippen molar-refractivity contribution in [2.45, 2.75) is 5.28 Å². The lowest BCUT2D eigenvalue weighted by molar-refractivity contribution is 0.771. The number of nitrogens with zero attached hydrogens (tertiary/aromatic N) is 2. The Hall–Kier alpha value is -1.09. The second-order valence-corrected chi connectivity index (χ2v) is 3.45. The van der Waals surface area contributed by atoms with Gasteiger partial charge in [-0.2, -0.15) is 5.10 Å². The predicted octanol–water partition coefficient (Wildman–Crippen LogP) is 2.98. The van der Waals surface area contributed by atoms with Gasteiger partial charge in [0.2, 0.25) is 0 Å². The highest BCUT2D eigenvalue weighted by atomic mass is 79.9. The Kier molecular flexibility index (Phi) is 2.05. The summed E-state index contributed by atoms with van der Waals surface area (Å²) in [5, 5.41) is 2.78. The highest BCUT2D eigenvalue weighted by Gasteiger charge is 2.00. The van der Waals surface area contributed by atoms with Crippen LogP contribution in [-0.4, -0.2) is 9.78 Å². The molecule has 2 aromatic rings. The third-order valence-corrected chi connectivity index (χ3v) is 2.44. The predicted molar refractivity (Wildman–Crippen MR) is 61.3 cm³/mol. The van der Waals surface area contributed by atoms with Crippen molar-refractivity contribution >= 4 is 15.9 Å². The lowest BCUT2D eigenvalue weighted by atomic mass is 10.1. The Labute approximate surface area is 94.5 Å². The van der Waals surface area contributed by atoms with Crippen LogP contribution in [0.15, 0.2) is 36.5 Å². The third kappa shape index (κ3) is 1.87. The van der Waals surface area contributed by atoms with Crippen molar-refractivity contribution in [2.75, 3.05) is 0 Å². The average molecular weight is 253 g/mol. The molecule has 0 fully saturated rings. The van der Waals surface area contributed by atoms with Crippen LogP contribution in [0.3, 0.4) is 0 Å². The molecule has 2 nitrogen and oxygen atoms in total. The zero-order chi connectivity index (χ0) is 11.8. The van der Waals surface area contributed by atoms with E-state index in [0.29, 0.717) is 5.56 Å². The SMILES string of the molecule is [2H]C([2H])(Br)c1cccc(-c2ccn(C)n2)c1. The van der Waals surface area contributed by atoms with Crippen molar-refractivity contribution in [1.82, 2.24) is 9.78 Å². The summed E-state index contributed by atoms with van der Waals surface area (Å²) in [5.41, 5.74) is 2.36. The van der Waals surface area contributed by atoms with Crippen LogP contribution in [0.25, 0.3) is 11.3 Å². The van der Waals surface area contributed by atoms with Gasteiger partial charge in [0.15, 0.2) is 0 Å². The molecular weight excluding hydrogens is 240 g/mol. The van der Waals surface area contributed by atoms with Crippen molar-refractivity contribution in [3.63, 3.8) is 0 Å². The van der Waals surface area contributed by atoms with Gasteiger partial charge in [-0.05, 0) is 17.7 Å². The lowest BCUT2D eigenvalue weighted by Gasteiger charge is -1.99. The molecule has 0 atom stereocenters. The number of hydrogen-bond donors (Lipinski definition) is 0. The molecule has 72 valence electrons. The highest BCUT2D eigenvalue weighted by molar-refractivity contribution is 9.08. The van der Waals surface area contributed by atoms with E-state index < -0.39 is 5.28 Å². The number of rotatable bonds is 2. The average Bonchev–Trinajstić information content (AvgIpc) is 2.64. The summed E-state index contributed by atoms with van der Waals surface area (Å²) >= 11 is 3.01. The molecule has 0 aliphatic heterocycles. The van der Waals surface area contributed by atoms with E-state index in [1.807, 2.05) is 31.4 Å². The molecule has 0 bridgehead atoms. The molecule has 0 aliphatic carbocycles. The van der Waals surface area contributed by atoms with E-state index in [0.717, 1.165) is 11.3 Å². The summed E-state index contributed by atoms with van der Waals surface area (Å²) in [6.07, 6.45) is 1.87. The molecule has 0 spiro atoms. The first-order valence-corrected chi connectivity index (χ1v) is 5.05. The minimum atomic E-state index is -1.50. The second-order valence-electron chi connectivity index (χ2n) is 3.05. The van der Waals surface area contributed by atoms with Gasteiger partial charge >= 0.3 is 0 Å². The largest absolute Gasteiger partial charge is 0.275 e. The number of halogens is 1. The van der Waals surface area contributed by atoms with Crippen LogP contribution in [0.5, 0.6) is 0 Å². The molecule has 0 saturated heterocycles. The van der Waals surface area contributed by atoms with Gasteiger partial charge in [-0.1, -0.05) is 34.1 Å². The van der Waals surface area contributed by atoms with Crippen LogP contribution in [0.2, 0.25) is 0 Å². The fourth-order valence-electron chi connectivity index (χ4n) is 1.31. The van der Waals surface area contributed by atoms with Gasteiger partial charge in [0.25, 0.3) is 0 Å². The Balaban J connectivity index is 2.44. The first-order chi connectivity index (χ1) is 7.47. The maximum absolute atomic E-state index is 7.59. The molecule has 1 aromatic heterocycles. The Morgan fingerprint density at radius 3 is 3.00 bits per heavy atom. The smallest absolute Gasteiger partial charge is 0.0923 e. The van der Waals surface area contributed by atoms with E-state index in [4.69, 9.17) is 2.74 Å². The number of hydrogen-bond acceptors (Lipinski definition) is 1. The van der Waals surface area contributed by atoms with Crippen LogP contribution in [0.1, 0.15) is 8.30 Å². The van der Waals surface area contributed by atoms with Crippen molar-refractivity contribution in [2.24, 2.45) is 7.05 Å². The van der Waals surface area contributed by atoms with Crippen molar-refractivity contribution in [3.05, 3.63) is 42.1 Å². The second kappa shape index (κ2) is 3.96. The van der Waals surface area contributed by atoms with Gasteiger partial charge in [0.05, 0.1) is 5.69 Å². The zero-order valence-corrected chi connectivity index (χ0v) is 9.32. The van der Waals surface area contributed by atoms with Gasteiger partial charge in [-0.15, -0.1) is 0 Å². The summed E-state index contributed by atoms with van der Waals surface area (Å²) in [4.78, 5) is 0. The van der Waals surface area contributed by atoms with Gasteiger partial charge in [0.1, 0.15) is 0 Å². The van der Waals surface area contributed by atoms with E-state index in [1.165, 1.54) is 0 Å². The summed E-state index contributed by atoms with van der Waals surface area (Å²) < 4.78 is 16.9. The molecule has 2 rings (SSSR count). The van der Waals surface area contributed by atoms with E-state index >= 15 is 0 Å². The molecule has 0 N–H and O–H groups in total. The summed E-state index contributed by atoms with van der Waals surface area (Å²) in [6.45, 7) is 0. The van der Waals surface area contributed by atoms with Gasteiger partial charge in [0, 0.05) is 26.8 Å². The third-order valence-electron chi connectivity index (χ3n) is 1.98. The molecule has 0 unspecified atom stereocenters. The monoisotopic (exact) mass is 252 g/mol. The lowest BCUT2D eigenvalue weighted by Crippen LogP contribution is -1.88. The topological polar surface area (TPSA) is 17.8 Å². The van der Waals surface area contributed by atoms with Gasteiger partial charge < -0.3 is 0 Å². The number of alkyl halides is 1. The molecular formula is C11H11BrN2. The van der Waals surface area contributed by atoms with E-state index in [1.54, 1.807) is 16.8 Å². The van der Waals surface area contributed by atoms with Gasteiger partial charge in [-0.3, -0.25) is 4.68 Å². The van der Waals surface area contributed by atoms with Crippen molar-refractivity contribution < 1.29 is 2.74 Å². The number of aromatic nitrogens is 2. The van der Waals surface area contributed by atoms with Crippen LogP contribution in [0.4, 0.5) is 0 Å². The standard InChI is InChI=1S/C11H11BrN2/c1-14-6-5-11(13-14)10-4-2-3-9(7-10)8-12/h2-7H,8H2,1H3/i8D2. The van der Waals surface area contributed by atoms with E-state index in [2.05, 4.69) is 21.0 Å². The Morgan fingerprint density at radius 1 is 1.50 bits per heavy atom. The summed E-state index contributed by atoms with van der Waals surface area (Å²) in [7, 11) is 1.86. The highest BCUT2D eigenvalue weighted by Crippen LogP contribution is 2.19. The van der Waals surface area contributed by atoms with Crippen LogP contribution < -0.4 is 0 Å². The maximum Gasteiger partial charge on any atom is 0.0923 e. The number of aryl methyl sites for hydroxylation is 1. The number of benzene rings is 1. The van der Waals surface area contributed by atoms with Crippen LogP contribution in [-0.2, 0) is 12.3 Å². The molecule has 0 aliphatic rings. The molecule has 14 heavy (non-hydrogen) atoms. The van der Waals surface area contributed by atoms with Gasteiger partial charge in [-0.25, -0.2) is 0 Å². The molecule has 0 radical (unpaired) electrons. The minimum Gasteiger partial charge on any atom is -0.275 e. The van der Waals surface area contributed by atoms with Crippen molar-refractivity contribution in [3.8, 4) is 11.3 Å². The summed E-state index contributed by atoms with van der Waals surface area (Å²) in [6, 6.07) is 9.21. The fourth-order valence-corrected chi connectivity index (χ4v) is 1.55. The first-order valence-electron chi connectivity index (χ1n) is 5.26. The maximum atomic E-state index is 7.59. The Bertz CT molecular complexity index is 503. The normalized spacial score (nSPS) is 13.6. The van der Waals surface area contributed by atoms with E-state index in [-0.39, 0.29) is 0 Å². The zero-order valence-electron chi connectivity index (χ0n) is 9.74.